The number of rotatable bonds is 6. The van der Waals surface area contributed by atoms with Gasteiger partial charge in [0.15, 0.2) is 4.90 Å². The number of hydrogen-bond acceptors (Lipinski definition) is 7. The molecule has 1 saturated heterocycles. The number of esters is 1. The zero-order chi connectivity index (χ0) is 18.6. The van der Waals surface area contributed by atoms with Crippen LogP contribution in [0.1, 0.15) is 20.3 Å². The van der Waals surface area contributed by atoms with Crippen LogP contribution < -0.4 is 5.32 Å². The average molecular weight is 371 g/mol. The summed E-state index contributed by atoms with van der Waals surface area (Å²) in [5.74, 6) is -0.509. The highest BCUT2D eigenvalue weighted by Gasteiger charge is 2.41. The van der Waals surface area contributed by atoms with Gasteiger partial charge in [0, 0.05) is 25.2 Å². The molecule has 2 atom stereocenters. The summed E-state index contributed by atoms with van der Waals surface area (Å²) >= 11 is 0. The van der Waals surface area contributed by atoms with Gasteiger partial charge >= 0.3 is 5.97 Å². The Labute approximate surface area is 146 Å². The maximum atomic E-state index is 13.0. The molecular formula is C15H21N3O6S. The lowest BCUT2D eigenvalue weighted by atomic mass is 10.0. The Bertz CT molecular complexity index is 751. The van der Waals surface area contributed by atoms with Crippen LogP contribution >= 0.6 is 0 Å². The Kier molecular flexibility index (Phi) is 6.09. The third kappa shape index (κ3) is 4.14. The molecule has 1 aromatic rings. The lowest BCUT2D eigenvalue weighted by Crippen LogP contribution is -2.59. The second kappa shape index (κ2) is 7.89. The summed E-state index contributed by atoms with van der Waals surface area (Å²) in [6, 6.07) is 4.23. The van der Waals surface area contributed by atoms with Gasteiger partial charge in [-0.05, 0) is 19.9 Å². The second-order valence-corrected chi connectivity index (χ2v) is 7.52. The van der Waals surface area contributed by atoms with Crippen molar-refractivity contribution in [3.8, 4) is 0 Å². The van der Waals surface area contributed by atoms with Crippen LogP contribution in [-0.4, -0.2) is 55.4 Å². The molecule has 0 bridgehead atoms. The van der Waals surface area contributed by atoms with E-state index in [4.69, 9.17) is 4.74 Å². The molecule has 0 aromatic heterocycles. The molecular weight excluding hydrogens is 350 g/mol. The van der Waals surface area contributed by atoms with Crippen LogP contribution in [-0.2, 0) is 19.6 Å². The van der Waals surface area contributed by atoms with E-state index in [1.54, 1.807) is 13.8 Å². The van der Waals surface area contributed by atoms with Crippen molar-refractivity contribution in [2.24, 2.45) is 0 Å². The second-order valence-electron chi connectivity index (χ2n) is 5.66. The third-order valence-corrected chi connectivity index (χ3v) is 6.05. The summed E-state index contributed by atoms with van der Waals surface area (Å²) in [6.45, 7) is 4.14. The average Bonchev–Trinajstić information content (AvgIpc) is 2.56. The van der Waals surface area contributed by atoms with E-state index in [1.165, 1.54) is 18.2 Å². The van der Waals surface area contributed by atoms with E-state index in [0.29, 0.717) is 6.54 Å². The minimum Gasteiger partial charge on any atom is -0.466 e. The van der Waals surface area contributed by atoms with Crippen molar-refractivity contribution in [3.63, 3.8) is 0 Å². The number of sulfonamides is 1. The first kappa shape index (κ1) is 19.3. The Morgan fingerprint density at radius 3 is 2.76 bits per heavy atom. The van der Waals surface area contributed by atoms with E-state index in [0.717, 1.165) is 10.4 Å². The standard InChI is InChI=1S/C15H21N3O6S/c1-3-24-15(19)10-13-11(2)16-8-9-17(13)25(22,23)14-7-5-4-6-12(14)18(20)21/h4-7,11,13,16H,3,8-10H2,1-2H3. The molecule has 1 aliphatic heterocycles. The van der Waals surface area contributed by atoms with E-state index in [-0.39, 0.29) is 30.5 Å². The van der Waals surface area contributed by atoms with E-state index < -0.39 is 32.6 Å². The summed E-state index contributed by atoms with van der Waals surface area (Å²) in [4.78, 5) is 22.0. The predicted octanol–water partition coefficient (Wildman–Crippen LogP) is 0.899. The molecule has 1 heterocycles. The number of nitro benzene ring substituents is 1. The Morgan fingerprint density at radius 2 is 2.12 bits per heavy atom. The molecule has 138 valence electrons. The number of piperazine rings is 1. The maximum absolute atomic E-state index is 13.0. The van der Waals surface area contributed by atoms with Crippen molar-refractivity contribution in [2.75, 3.05) is 19.7 Å². The van der Waals surface area contributed by atoms with Crippen LogP contribution in [0.15, 0.2) is 29.2 Å². The quantitative estimate of drug-likeness (QED) is 0.448. The minimum absolute atomic E-state index is 0.114. The van der Waals surface area contributed by atoms with Crippen molar-refractivity contribution in [3.05, 3.63) is 34.4 Å². The number of hydrogen-bond donors (Lipinski definition) is 1. The Hall–Kier alpha value is -2.04. The number of benzene rings is 1. The summed E-state index contributed by atoms with van der Waals surface area (Å²) in [5, 5.41) is 14.3. The van der Waals surface area contributed by atoms with Gasteiger partial charge in [-0.1, -0.05) is 12.1 Å². The van der Waals surface area contributed by atoms with Crippen molar-refractivity contribution in [1.29, 1.82) is 0 Å². The smallest absolute Gasteiger partial charge is 0.307 e. The molecule has 25 heavy (non-hydrogen) atoms. The number of carbonyl (C=O) groups is 1. The first-order chi connectivity index (χ1) is 11.8. The fourth-order valence-corrected chi connectivity index (χ4v) is 4.73. The van der Waals surface area contributed by atoms with Gasteiger partial charge in [0.05, 0.1) is 24.0 Å². The van der Waals surface area contributed by atoms with E-state index in [1.807, 2.05) is 0 Å². The molecule has 0 spiro atoms. The molecule has 1 N–H and O–H groups in total. The van der Waals surface area contributed by atoms with Gasteiger partial charge in [-0.3, -0.25) is 14.9 Å². The zero-order valence-corrected chi connectivity index (χ0v) is 14.9. The van der Waals surface area contributed by atoms with Gasteiger partial charge in [0.25, 0.3) is 5.69 Å². The first-order valence-electron chi connectivity index (χ1n) is 7.93. The molecule has 1 aliphatic rings. The van der Waals surface area contributed by atoms with E-state index in [2.05, 4.69) is 5.32 Å². The number of carbonyl (C=O) groups excluding carboxylic acids is 1. The minimum atomic E-state index is -4.14. The fraction of sp³-hybridized carbons (Fsp3) is 0.533. The van der Waals surface area contributed by atoms with Gasteiger partial charge < -0.3 is 10.1 Å². The van der Waals surface area contributed by atoms with Crippen LogP contribution in [0.5, 0.6) is 0 Å². The molecule has 0 aliphatic carbocycles. The topological polar surface area (TPSA) is 119 Å². The maximum Gasteiger partial charge on any atom is 0.307 e. The lowest BCUT2D eigenvalue weighted by molar-refractivity contribution is -0.387. The lowest BCUT2D eigenvalue weighted by Gasteiger charge is -2.39. The highest BCUT2D eigenvalue weighted by molar-refractivity contribution is 7.89. The highest BCUT2D eigenvalue weighted by atomic mass is 32.2. The predicted molar refractivity (Wildman–Crippen MR) is 89.5 cm³/mol. The Balaban J connectivity index is 2.41. The monoisotopic (exact) mass is 371 g/mol. The third-order valence-electron chi connectivity index (χ3n) is 4.08. The summed E-state index contributed by atoms with van der Waals surface area (Å²) < 4.78 is 32.2. The van der Waals surface area contributed by atoms with E-state index in [9.17, 15) is 23.3 Å². The number of nitrogens with one attached hydrogen (secondary N) is 1. The largest absolute Gasteiger partial charge is 0.466 e. The molecule has 1 aromatic carbocycles. The van der Waals surface area contributed by atoms with Crippen LogP contribution in [0.2, 0.25) is 0 Å². The normalized spacial score (nSPS) is 21.7. The van der Waals surface area contributed by atoms with Crippen molar-refractivity contribution >= 4 is 21.7 Å². The van der Waals surface area contributed by atoms with Crippen LogP contribution in [0.3, 0.4) is 0 Å². The number of nitro groups is 1. The van der Waals surface area contributed by atoms with Gasteiger partial charge in [0.2, 0.25) is 10.0 Å². The zero-order valence-electron chi connectivity index (χ0n) is 14.0. The molecule has 2 unspecified atom stereocenters. The summed E-state index contributed by atoms with van der Waals surface area (Å²) in [5.41, 5.74) is -0.483. The summed E-state index contributed by atoms with van der Waals surface area (Å²) in [7, 11) is -4.14. The van der Waals surface area contributed by atoms with Gasteiger partial charge in [-0.15, -0.1) is 0 Å². The van der Waals surface area contributed by atoms with Crippen LogP contribution in [0, 0.1) is 10.1 Å². The molecule has 0 amide bonds. The molecule has 0 radical (unpaired) electrons. The number of nitrogens with zero attached hydrogens (tertiary/aromatic N) is 2. The van der Waals surface area contributed by atoms with Gasteiger partial charge in [-0.2, -0.15) is 4.31 Å². The van der Waals surface area contributed by atoms with Gasteiger partial charge in [0.1, 0.15) is 0 Å². The molecule has 0 saturated carbocycles. The molecule has 10 heteroatoms. The molecule has 9 nitrogen and oxygen atoms in total. The van der Waals surface area contributed by atoms with Crippen molar-refractivity contribution in [1.82, 2.24) is 9.62 Å². The van der Waals surface area contributed by atoms with Crippen LogP contribution in [0.25, 0.3) is 0 Å². The molecule has 2 rings (SSSR count). The SMILES string of the molecule is CCOC(=O)CC1C(C)NCCN1S(=O)(=O)c1ccccc1[N+](=O)[O-]. The fourth-order valence-electron chi connectivity index (χ4n) is 2.87. The van der Waals surface area contributed by atoms with E-state index >= 15 is 0 Å². The highest BCUT2D eigenvalue weighted by Crippen LogP contribution is 2.29. The number of para-hydroxylation sites is 1. The van der Waals surface area contributed by atoms with Gasteiger partial charge in [-0.25, -0.2) is 8.42 Å². The number of ether oxygens (including phenoxy) is 1. The first-order valence-corrected chi connectivity index (χ1v) is 9.37. The Morgan fingerprint density at radius 1 is 1.44 bits per heavy atom. The van der Waals surface area contributed by atoms with Crippen molar-refractivity contribution < 1.29 is 22.9 Å². The summed E-state index contributed by atoms with van der Waals surface area (Å²) in [6.07, 6.45) is -0.123. The molecule has 1 fully saturated rings. The van der Waals surface area contributed by atoms with Crippen LogP contribution in [0.4, 0.5) is 5.69 Å². The van der Waals surface area contributed by atoms with Crippen molar-refractivity contribution in [2.45, 2.75) is 37.2 Å².